The van der Waals surface area contributed by atoms with E-state index in [2.05, 4.69) is 15.6 Å². The van der Waals surface area contributed by atoms with Crippen molar-refractivity contribution in [2.24, 2.45) is 5.92 Å². The van der Waals surface area contributed by atoms with Crippen LogP contribution in [0.25, 0.3) is 11.5 Å². The van der Waals surface area contributed by atoms with Gasteiger partial charge in [0.2, 0.25) is 11.8 Å². The van der Waals surface area contributed by atoms with Crippen LogP contribution in [0, 0.1) is 26.7 Å². The van der Waals surface area contributed by atoms with Crippen molar-refractivity contribution in [3.05, 3.63) is 58.9 Å². The average molecular weight is 393 g/mol. The minimum Gasteiger partial charge on any atom is -0.466 e. The Labute approximate surface area is 168 Å². The van der Waals surface area contributed by atoms with Gasteiger partial charge in [0, 0.05) is 17.2 Å². The molecule has 2 N–H and O–H groups in total. The van der Waals surface area contributed by atoms with Gasteiger partial charge in [-0.15, -0.1) is 0 Å². The molecule has 0 atom stereocenters. The highest BCUT2D eigenvalue weighted by atomic mass is 16.4. The first kappa shape index (κ1) is 19.0. The maximum Gasteiger partial charge on any atom is 0.259 e. The van der Waals surface area contributed by atoms with Gasteiger partial charge < -0.3 is 19.5 Å². The summed E-state index contributed by atoms with van der Waals surface area (Å²) >= 11 is 0. The van der Waals surface area contributed by atoms with Crippen LogP contribution in [0.3, 0.4) is 0 Å². The molecule has 0 radical (unpaired) electrons. The largest absolute Gasteiger partial charge is 0.466 e. The zero-order chi connectivity index (χ0) is 20.5. The van der Waals surface area contributed by atoms with Crippen molar-refractivity contribution in [2.75, 3.05) is 5.32 Å². The summed E-state index contributed by atoms with van der Waals surface area (Å²) in [5.41, 5.74) is 2.58. The van der Waals surface area contributed by atoms with E-state index in [1.807, 2.05) is 19.1 Å². The van der Waals surface area contributed by atoms with Crippen LogP contribution in [0.15, 0.2) is 39.2 Å². The fourth-order valence-electron chi connectivity index (χ4n) is 3.16. The number of aryl methyl sites for hydroxylation is 3. The molecule has 1 aliphatic carbocycles. The second-order valence-corrected chi connectivity index (χ2v) is 7.38. The summed E-state index contributed by atoms with van der Waals surface area (Å²) in [6.07, 6.45) is 1.93. The maximum absolute atomic E-state index is 12.5. The van der Waals surface area contributed by atoms with E-state index in [4.69, 9.17) is 8.83 Å². The summed E-state index contributed by atoms with van der Waals surface area (Å²) in [5.74, 6) is 2.38. The number of rotatable bonds is 6. The molecule has 0 aliphatic heterocycles. The van der Waals surface area contributed by atoms with Crippen LogP contribution in [0.2, 0.25) is 0 Å². The third kappa shape index (κ3) is 4.23. The van der Waals surface area contributed by atoms with Crippen molar-refractivity contribution in [1.82, 2.24) is 10.3 Å². The van der Waals surface area contributed by atoms with Crippen LogP contribution in [0.1, 0.15) is 46.2 Å². The average Bonchev–Trinajstić information content (AvgIpc) is 3.39. The van der Waals surface area contributed by atoms with Crippen LogP contribution >= 0.6 is 0 Å². The van der Waals surface area contributed by atoms with E-state index in [9.17, 15) is 9.59 Å². The van der Waals surface area contributed by atoms with Crippen LogP contribution in [-0.4, -0.2) is 16.8 Å². The number of aromatic nitrogens is 1. The molecule has 2 heterocycles. The van der Waals surface area contributed by atoms with Gasteiger partial charge in [-0.05, 0) is 57.9 Å². The summed E-state index contributed by atoms with van der Waals surface area (Å²) in [6, 6.07) is 9.01. The van der Waals surface area contributed by atoms with E-state index in [0.29, 0.717) is 46.7 Å². The van der Waals surface area contributed by atoms with Crippen molar-refractivity contribution in [3.63, 3.8) is 0 Å². The van der Waals surface area contributed by atoms with E-state index in [0.717, 1.165) is 18.4 Å². The van der Waals surface area contributed by atoms with Gasteiger partial charge in [-0.25, -0.2) is 4.98 Å². The number of anilines is 1. The van der Waals surface area contributed by atoms with Crippen LogP contribution < -0.4 is 10.6 Å². The number of hydrogen-bond donors (Lipinski definition) is 2. The third-order valence-corrected chi connectivity index (χ3v) is 4.92. The van der Waals surface area contributed by atoms with Gasteiger partial charge in [0.1, 0.15) is 23.0 Å². The number of oxazole rings is 1. The molecule has 0 spiro atoms. The molecule has 0 bridgehead atoms. The van der Waals surface area contributed by atoms with E-state index in [1.54, 1.807) is 32.0 Å². The first-order valence-corrected chi connectivity index (χ1v) is 9.63. The topological polar surface area (TPSA) is 97.4 Å². The zero-order valence-corrected chi connectivity index (χ0v) is 16.7. The molecule has 0 saturated heterocycles. The Hall–Kier alpha value is -3.35. The highest BCUT2D eigenvalue weighted by Crippen LogP contribution is 2.29. The van der Waals surface area contributed by atoms with Gasteiger partial charge in [-0.3, -0.25) is 9.59 Å². The first-order valence-electron chi connectivity index (χ1n) is 9.63. The molecule has 1 saturated carbocycles. The van der Waals surface area contributed by atoms with Crippen molar-refractivity contribution in [1.29, 1.82) is 0 Å². The van der Waals surface area contributed by atoms with Gasteiger partial charge in [0.25, 0.3) is 5.91 Å². The molecule has 4 rings (SSSR count). The van der Waals surface area contributed by atoms with Gasteiger partial charge in [-0.1, -0.05) is 6.07 Å². The molecule has 2 amide bonds. The van der Waals surface area contributed by atoms with Crippen LogP contribution in [0.4, 0.5) is 5.69 Å². The van der Waals surface area contributed by atoms with Crippen molar-refractivity contribution < 1.29 is 18.4 Å². The number of carbonyl (C=O) groups is 2. The number of nitrogens with zero attached hydrogens (tertiary/aromatic N) is 1. The fourth-order valence-corrected chi connectivity index (χ4v) is 3.16. The Morgan fingerprint density at radius 2 is 1.90 bits per heavy atom. The van der Waals surface area contributed by atoms with Gasteiger partial charge in [-0.2, -0.15) is 0 Å². The smallest absolute Gasteiger partial charge is 0.259 e. The quantitative estimate of drug-likeness (QED) is 0.656. The minimum absolute atomic E-state index is 0.0726. The molecule has 7 heteroatoms. The van der Waals surface area contributed by atoms with Crippen LogP contribution in [-0.2, 0) is 11.3 Å². The second kappa shape index (κ2) is 7.58. The SMILES string of the molecule is Cc1cc(C(=O)Nc2cccc(-c3nc(CNC(=O)C4CC4)c(C)o3)c2)c(C)o1. The molecule has 3 aromatic rings. The number of benzene rings is 1. The summed E-state index contributed by atoms with van der Waals surface area (Å²) < 4.78 is 11.2. The summed E-state index contributed by atoms with van der Waals surface area (Å²) in [4.78, 5) is 28.9. The lowest BCUT2D eigenvalue weighted by atomic mass is 10.2. The summed E-state index contributed by atoms with van der Waals surface area (Å²) in [6.45, 7) is 5.74. The van der Waals surface area contributed by atoms with Gasteiger partial charge in [0.15, 0.2) is 0 Å². The van der Waals surface area contributed by atoms with Crippen molar-refractivity contribution in [2.45, 2.75) is 40.2 Å². The summed E-state index contributed by atoms with van der Waals surface area (Å²) in [5, 5.41) is 5.78. The minimum atomic E-state index is -0.233. The lowest BCUT2D eigenvalue weighted by Gasteiger charge is -2.05. The lowest BCUT2D eigenvalue weighted by Crippen LogP contribution is -2.24. The van der Waals surface area contributed by atoms with E-state index < -0.39 is 0 Å². The molecule has 1 aliphatic rings. The number of furan rings is 1. The molecule has 7 nitrogen and oxygen atoms in total. The Morgan fingerprint density at radius 1 is 1.10 bits per heavy atom. The highest BCUT2D eigenvalue weighted by Gasteiger charge is 2.29. The van der Waals surface area contributed by atoms with E-state index in [-0.39, 0.29) is 17.7 Å². The Morgan fingerprint density at radius 3 is 2.59 bits per heavy atom. The van der Waals surface area contributed by atoms with Crippen LogP contribution in [0.5, 0.6) is 0 Å². The lowest BCUT2D eigenvalue weighted by molar-refractivity contribution is -0.122. The fraction of sp³-hybridized carbons (Fsp3) is 0.318. The second-order valence-electron chi connectivity index (χ2n) is 7.38. The normalized spacial score (nSPS) is 13.3. The Balaban J connectivity index is 1.48. The molecule has 1 aromatic carbocycles. The molecular formula is C22H23N3O4. The molecule has 150 valence electrons. The zero-order valence-electron chi connectivity index (χ0n) is 16.7. The predicted octanol–water partition coefficient (Wildman–Crippen LogP) is 4.14. The van der Waals surface area contributed by atoms with E-state index in [1.165, 1.54) is 0 Å². The van der Waals surface area contributed by atoms with Crippen molar-refractivity contribution in [3.8, 4) is 11.5 Å². The number of amides is 2. The maximum atomic E-state index is 12.5. The first-order chi connectivity index (χ1) is 13.9. The predicted molar refractivity (Wildman–Crippen MR) is 107 cm³/mol. The Bertz CT molecular complexity index is 1080. The van der Waals surface area contributed by atoms with E-state index >= 15 is 0 Å². The van der Waals surface area contributed by atoms with Gasteiger partial charge in [0.05, 0.1) is 12.1 Å². The highest BCUT2D eigenvalue weighted by molar-refractivity contribution is 6.05. The molecule has 29 heavy (non-hydrogen) atoms. The number of hydrogen-bond acceptors (Lipinski definition) is 5. The van der Waals surface area contributed by atoms with Gasteiger partial charge >= 0.3 is 0 Å². The monoisotopic (exact) mass is 393 g/mol. The standard InChI is InChI=1S/C22H23N3O4/c1-12-9-18(13(2)28-12)21(27)24-17-6-4-5-16(10-17)22-25-19(14(3)29-22)11-23-20(26)15-7-8-15/h4-6,9-10,15H,7-8,11H2,1-3H3,(H,23,26)(H,24,27). The van der Waals surface area contributed by atoms with Crippen molar-refractivity contribution >= 4 is 17.5 Å². The molecular weight excluding hydrogens is 370 g/mol. The number of nitrogens with one attached hydrogen (secondary N) is 2. The molecule has 0 unspecified atom stereocenters. The summed E-state index contributed by atoms with van der Waals surface area (Å²) in [7, 11) is 0. The molecule has 2 aromatic heterocycles. The number of carbonyl (C=O) groups excluding carboxylic acids is 2. The Kier molecular flexibility index (Phi) is 4.96. The third-order valence-electron chi connectivity index (χ3n) is 4.92. The molecule has 1 fully saturated rings.